The summed E-state index contributed by atoms with van der Waals surface area (Å²) in [5.74, 6) is -0.521. The van der Waals surface area contributed by atoms with Crippen molar-refractivity contribution in [2.75, 3.05) is 0 Å². The number of rotatable bonds is 9. The monoisotopic (exact) mass is 630 g/mol. The van der Waals surface area contributed by atoms with Gasteiger partial charge >= 0.3 is 0 Å². The highest BCUT2D eigenvalue weighted by Crippen LogP contribution is 2.42. The van der Waals surface area contributed by atoms with Crippen LogP contribution >= 0.6 is 0 Å². The van der Waals surface area contributed by atoms with E-state index in [1.165, 1.54) is 0 Å². The van der Waals surface area contributed by atoms with Gasteiger partial charge in [0.2, 0.25) is 5.95 Å². The number of hydrogen-bond acceptors (Lipinski definition) is 3. The van der Waals surface area contributed by atoms with Gasteiger partial charge < -0.3 is 0 Å². The molecule has 0 aliphatic carbocycles. The third-order valence-corrected chi connectivity index (χ3v) is 9.98. The fraction of sp³-hybridized carbons (Fsp3) is 0.231. The van der Waals surface area contributed by atoms with E-state index >= 15 is 4.39 Å². The highest BCUT2D eigenvalue weighted by molar-refractivity contribution is 7.84. The van der Waals surface area contributed by atoms with E-state index in [-0.39, 0.29) is 5.92 Å². The molecular weight excluding hydrogens is 592 g/mol. The number of hydrogen-bond donors (Lipinski definition) is 1. The SMILES string of the molecule is CC(C)c1ccc(C(NS(=O)C(C)(C)C)c2ccc3cnn(C(c4ccccc4)(c4ccccc4)c4ccccc4)c3c2)nc1F. The molecule has 0 spiro atoms. The quantitative estimate of drug-likeness (QED) is 0.128. The zero-order valence-corrected chi connectivity index (χ0v) is 27.6. The predicted octanol–water partition coefficient (Wildman–Crippen LogP) is 8.68. The van der Waals surface area contributed by atoms with Crippen molar-refractivity contribution in [1.29, 1.82) is 0 Å². The predicted molar refractivity (Wildman–Crippen MR) is 185 cm³/mol. The van der Waals surface area contributed by atoms with Gasteiger partial charge in [0.1, 0.15) is 5.54 Å². The van der Waals surface area contributed by atoms with Crippen LogP contribution in [0.5, 0.6) is 0 Å². The molecule has 0 amide bonds. The molecule has 0 aliphatic heterocycles. The topological polar surface area (TPSA) is 59.8 Å². The zero-order chi connectivity index (χ0) is 32.5. The molecular formula is C39H39FN4OS. The Morgan fingerprint density at radius 1 is 0.761 bits per heavy atom. The van der Waals surface area contributed by atoms with Crippen LogP contribution in [0.4, 0.5) is 4.39 Å². The minimum absolute atomic E-state index is 0.00977. The van der Waals surface area contributed by atoms with Crippen LogP contribution in [0.2, 0.25) is 0 Å². The first-order valence-corrected chi connectivity index (χ1v) is 16.7. The molecule has 0 bridgehead atoms. The van der Waals surface area contributed by atoms with E-state index < -0.39 is 33.3 Å². The lowest BCUT2D eigenvalue weighted by atomic mass is 9.77. The Labute approximate surface area is 273 Å². The summed E-state index contributed by atoms with van der Waals surface area (Å²) in [6, 6.07) is 40.2. The number of nitrogens with one attached hydrogen (secondary N) is 1. The maximum atomic E-state index is 15.3. The second kappa shape index (κ2) is 12.7. The maximum absolute atomic E-state index is 15.3. The number of pyridine rings is 1. The van der Waals surface area contributed by atoms with Crippen LogP contribution in [0.3, 0.4) is 0 Å². The van der Waals surface area contributed by atoms with Gasteiger partial charge in [-0.1, -0.05) is 123 Å². The maximum Gasteiger partial charge on any atom is 0.216 e. The molecule has 2 heterocycles. The van der Waals surface area contributed by atoms with Crippen LogP contribution < -0.4 is 4.72 Å². The lowest BCUT2D eigenvalue weighted by molar-refractivity contribution is 0.475. The normalized spacial score (nSPS) is 13.6. The van der Waals surface area contributed by atoms with Crippen LogP contribution in [0.1, 0.15) is 80.1 Å². The summed E-state index contributed by atoms with van der Waals surface area (Å²) < 4.78 is 33.7. The van der Waals surface area contributed by atoms with Gasteiger partial charge in [-0.3, -0.25) is 0 Å². The van der Waals surface area contributed by atoms with E-state index in [9.17, 15) is 4.21 Å². The van der Waals surface area contributed by atoms with Gasteiger partial charge in [-0.05, 0) is 61.1 Å². The fourth-order valence-electron chi connectivity index (χ4n) is 6.02. The molecule has 0 radical (unpaired) electrons. The summed E-state index contributed by atoms with van der Waals surface area (Å²) in [7, 11) is -1.46. The number of aromatic nitrogens is 3. The highest BCUT2D eigenvalue weighted by atomic mass is 32.2. The van der Waals surface area contributed by atoms with E-state index in [4.69, 9.17) is 5.10 Å². The Morgan fingerprint density at radius 2 is 1.30 bits per heavy atom. The standard InChI is InChI=1S/C39H39FN4OS/c1-27(2)33-23-24-34(42-37(33)40)36(43-46(45)38(3,4)5)28-21-22-29-26-41-44(35(29)25-28)39(30-15-9-6-10-16-30,31-17-11-7-12-18-31)32-19-13-8-14-20-32/h6-27,36,43H,1-5H3. The van der Waals surface area contributed by atoms with Crippen molar-refractivity contribution in [2.45, 2.75) is 56.9 Å². The summed E-state index contributed by atoms with van der Waals surface area (Å²) in [6.45, 7) is 9.62. The minimum Gasteiger partial charge on any atom is -0.245 e. The average molecular weight is 631 g/mol. The molecule has 4 aromatic carbocycles. The van der Waals surface area contributed by atoms with Crippen molar-refractivity contribution < 1.29 is 8.60 Å². The van der Waals surface area contributed by atoms with Crippen molar-refractivity contribution in [3.63, 3.8) is 0 Å². The van der Waals surface area contributed by atoms with Crippen molar-refractivity contribution in [3.05, 3.63) is 167 Å². The Hall–Kier alpha value is -4.46. The molecule has 0 saturated heterocycles. The Morgan fingerprint density at radius 3 is 1.78 bits per heavy atom. The molecule has 6 aromatic rings. The zero-order valence-electron chi connectivity index (χ0n) is 26.8. The fourth-order valence-corrected chi connectivity index (χ4v) is 6.85. The van der Waals surface area contributed by atoms with E-state index in [2.05, 4.69) is 93.3 Å². The number of nitrogens with zero attached hydrogens (tertiary/aromatic N) is 3. The second-order valence-corrected chi connectivity index (χ2v) is 14.9. The lowest BCUT2D eigenvalue weighted by Crippen LogP contribution is -2.38. The van der Waals surface area contributed by atoms with Crippen LogP contribution in [0.25, 0.3) is 10.9 Å². The minimum atomic E-state index is -1.46. The van der Waals surface area contributed by atoms with E-state index in [1.807, 2.05) is 77.2 Å². The van der Waals surface area contributed by atoms with Gasteiger partial charge in [-0.15, -0.1) is 0 Å². The molecule has 46 heavy (non-hydrogen) atoms. The number of halogens is 1. The van der Waals surface area contributed by atoms with E-state index in [0.717, 1.165) is 33.2 Å². The van der Waals surface area contributed by atoms with Gasteiger partial charge in [0.15, 0.2) is 0 Å². The first-order chi connectivity index (χ1) is 22.1. The summed E-state index contributed by atoms with van der Waals surface area (Å²) in [4.78, 5) is 4.40. The molecule has 6 rings (SSSR count). The molecule has 2 aromatic heterocycles. The van der Waals surface area contributed by atoms with Crippen LogP contribution in [-0.2, 0) is 16.5 Å². The highest BCUT2D eigenvalue weighted by Gasteiger charge is 2.40. The molecule has 2 atom stereocenters. The van der Waals surface area contributed by atoms with Gasteiger partial charge in [-0.2, -0.15) is 9.49 Å². The van der Waals surface area contributed by atoms with Crippen LogP contribution in [0, 0.1) is 5.95 Å². The van der Waals surface area contributed by atoms with Crippen molar-refractivity contribution in [2.24, 2.45) is 0 Å². The van der Waals surface area contributed by atoms with Crippen LogP contribution in [-0.4, -0.2) is 23.7 Å². The Bertz CT molecular complexity index is 1870. The smallest absolute Gasteiger partial charge is 0.216 e. The molecule has 0 aliphatic rings. The van der Waals surface area contributed by atoms with Crippen molar-refractivity contribution in [3.8, 4) is 0 Å². The number of fused-ring (bicyclic) bond motifs is 1. The average Bonchev–Trinajstić information content (AvgIpc) is 3.48. The number of benzene rings is 4. The Kier molecular flexibility index (Phi) is 8.73. The molecule has 1 N–H and O–H groups in total. The summed E-state index contributed by atoms with van der Waals surface area (Å²) >= 11 is 0. The van der Waals surface area contributed by atoms with E-state index in [1.54, 1.807) is 6.07 Å². The van der Waals surface area contributed by atoms with Crippen LogP contribution in [0.15, 0.2) is 128 Å². The molecule has 0 saturated carbocycles. The molecule has 234 valence electrons. The van der Waals surface area contributed by atoms with Crippen molar-refractivity contribution >= 4 is 21.9 Å². The summed E-state index contributed by atoms with van der Waals surface area (Å²) in [5.41, 5.74) is 5.04. The first-order valence-electron chi connectivity index (χ1n) is 15.6. The van der Waals surface area contributed by atoms with Gasteiger partial charge in [0, 0.05) is 10.9 Å². The molecule has 2 unspecified atom stereocenters. The summed E-state index contributed by atoms with van der Waals surface area (Å²) in [5, 5.41) is 6.02. The molecule has 5 nitrogen and oxygen atoms in total. The first kappa shape index (κ1) is 31.5. The Balaban J connectivity index is 1.62. The third-order valence-electron chi connectivity index (χ3n) is 8.42. The van der Waals surface area contributed by atoms with Gasteiger partial charge in [0.25, 0.3) is 0 Å². The van der Waals surface area contributed by atoms with Gasteiger partial charge in [0.05, 0.1) is 39.2 Å². The van der Waals surface area contributed by atoms with Crippen molar-refractivity contribution in [1.82, 2.24) is 19.5 Å². The van der Waals surface area contributed by atoms with E-state index in [0.29, 0.717) is 11.3 Å². The lowest BCUT2D eigenvalue weighted by Gasteiger charge is -2.37. The second-order valence-electron chi connectivity index (χ2n) is 12.9. The summed E-state index contributed by atoms with van der Waals surface area (Å²) in [6.07, 6.45) is 1.88. The molecule has 0 fully saturated rings. The largest absolute Gasteiger partial charge is 0.245 e. The van der Waals surface area contributed by atoms with Gasteiger partial charge in [-0.25, -0.2) is 18.6 Å². The molecule has 7 heteroatoms. The third kappa shape index (κ3) is 5.81.